The SMILES string of the molecule is Cc1cccc(NC(=O)C[NH+]2CC[NH+](CC(=O)N3CCCc4ccccc43)CC2)c1C. The van der Waals surface area contributed by atoms with Crippen molar-refractivity contribution < 1.29 is 19.4 Å². The molecule has 0 radical (unpaired) electrons. The van der Waals surface area contributed by atoms with Crippen LogP contribution in [0.15, 0.2) is 42.5 Å². The molecule has 4 rings (SSSR count). The highest BCUT2D eigenvalue weighted by molar-refractivity contribution is 5.95. The molecular weight excluding hydrogens is 388 g/mol. The first-order valence-corrected chi connectivity index (χ1v) is 11.4. The van der Waals surface area contributed by atoms with E-state index in [0.29, 0.717) is 13.1 Å². The molecule has 2 heterocycles. The highest BCUT2D eigenvalue weighted by Gasteiger charge is 2.30. The highest BCUT2D eigenvalue weighted by atomic mass is 16.2. The fourth-order valence-corrected chi connectivity index (χ4v) is 4.72. The van der Waals surface area contributed by atoms with Crippen LogP contribution >= 0.6 is 0 Å². The Morgan fingerprint density at radius 2 is 1.65 bits per heavy atom. The lowest BCUT2D eigenvalue weighted by atomic mass is 10.0. The van der Waals surface area contributed by atoms with E-state index in [0.717, 1.165) is 62.5 Å². The van der Waals surface area contributed by atoms with E-state index in [1.165, 1.54) is 20.9 Å². The number of hydrogen-bond acceptors (Lipinski definition) is 2. The van der Waals surface area contributed by atoms with Gasteiger partial charge in [-0.25, -0.2) is 0 Å². The van der Waals surface area contributed by atoms with Gasteiger partial charge in [0.25, 0.3) is 11.8 Å². The first-order chi connectivity index (χ1) is 15.0. The average molecular weight is 423 g/mol. The zero-order chi connectivity index (χ0) is 21.8. The molecule has 164 valence electrons. The standard InChI is InChI=1S/C25H32N4O2/c1-19-7-5-10-22(20(19)2)26-24(30)17-27-13-15-28(16-14-27)18-25(31)29-12-6-9-21-8-3-4-11-23(21)29/h3-5,7-8,10-11H,6,9,12-18H2,1-2H3,(H,26,30)/p+2. The molecule has 1 fully saturated rings. The van der Waals surface area contributed by atoms with Crippen molar-refractivity contribution in [3.05, 3.63) is 59.2 Å². The normalized spacial score (nSPS) is 20.8. The molecule has 2 aliphatic heterocycles. The van der Waals surface area contributed by atoms with Crippen molar-refractivity contribution in [1.29, 1.82) is 0 Å². The van der Waals surface area contributed by atoms with Crippen LogP contribution in [0.3, 0.4) is 0 Å². The second-order valence-corrected chi connectivity index (χ2v) is 8.93. The number of carbonyl (C=O) groups excluding carboxylic acids is 2. The molecule has 2 aromatic rings. The summed E-state index contributed by atoms with van der Waals surface area (Å²) >= 11 is 0. The number of anilines is 2. The Kier molecular flexibility index (Phi) is 6.68. The summed E-state index contributed by atoms with van der Waals surface area (Å²) in [7, 11) is 0. The second-order valence-electron chi connectivity index (χ2n) is 8.93. The topological polar surface area (TPSA) is 58.3 Å². The molecule has 1 saturated heterocycles. The minimum Gasteiger partial charge on any atom is -0.321 e. The zero-order valence-corrected chi connectivity index (χ0v) is 18.7. The lowest BCUT2D eigenvalue weighted by Gasteiger charge is -2.33. The highest BCUT2D eigenvalue weighted by Crippen LogP contribution is 2.26. The van der Waals surface area contributed by atoms with E-state index < -0.39 is 0 Å². The molecule has 31 heavy (non-hydrogen) atoms. The lowest BCUT2D eigenvalue weighted by molar-refractivity contribution is -1.00. The Labute approximate surface area is 184 Å². The van der Waals surface area contributed by atoms with Crippen LogP contribution in [-0.4, -0.2) is 57.6 Å². The van der Waals surface area contributed by atoms with Gasteiger partial charge < -0.3 is 20.0 Å². The van der Waals surface area contributed by atoms with Gasteiger partial charge in [0.15, 0.2) is 13.1 Å². The first kappa shape index (κ1) is 21.5. The van der Waals surface area contributed by atoms with Crippen LogP contribution < -0.4 is 20.0 Å². The van der Waals surface area contributed by atoms with Crippen molar-refractivity contribution in [3.63, 3.8) is 0 Å². The van der Waals surface area contributed by atoms with Crippen molar-refractivity contribution in [2.45, 2.75) is 26.7 Å². The predicted molar refractivity (Wildman–Crippen MR) is 123 cm³/mol. The van der Waals surface area contributed by atoms with Gasteiger partial charge in [0, 0.05) is 17.9 Å². The number of nitrogens with zero attached hydrogens (tertiary/aromatic N) is 1. The number of nitrogens with one attached hydrogen (secondary N) is 3. The number of rotatable bonds is 5. The Balaban J connectivity index is 1.25. The lowest BCUT2D eigenvalue weighted by Crippen LogP contribution is -3.28. The smallest absolute Gasteiger partial charge is 0.282 e. The third kappa shape index (κ3) is 5.14. The Morgan fingerprint density at radius 1 is 0.935 bits per heavy atom. The van der Waals surface area contributed by atoms with E-state index in [1.807, 2.05) is 30.0 Å². The monoisotopic (exact) mass is 422 g/mol. The van der Waals surface area contributed by atoms with Crippen LogP contribution in [0.2, 0.25) is 0 Å². The summed E-state index contributed by atoms with van der Waals surface area (Å²) in [5.41, 5.74) is 5.58. The number of quaternary nitrogens is 2. The molecule has 0 spiro atoms. The van der Waals surface area contributed by atoms with Gasteiger partial charge in [-0.05, 0) is 55.5 Å². The van der Waals surface area contributed by atoms with E-state index in [4.69, 9.17) is 0 Å². The molecule has 0 aromatic heterocycles. The summed E-state index contributed by atoms with van der Waals surface area (Å²) in [5, 5.41) is 3.07. The molecule has 0 aliphatic carbocycles. The van der Waals surface area contributed by atoms with Gasteiger partial charge in [0.2, 0.25) is 0 Å². The number of para-hydroxylation sites is 1. The summed E-state index contributed by atoms with van der Waals surface area (Å²) in [4.78, 5) is 30.1. The summed E-state index contributed by atoms with van der Waals surface area (Å²) in [6, 6.07) is 14.3. The fraction of sp³-hybridized carbons (Fsp3) is 0.440. The van der Waals surface area contributed by atoms with Crippen molar-refractivity contribution in [2.24, 2.45) is 0 Å². The van der Waals surface area contributed by atoms with Crippen LogP contribution in [-0.2, 0) is 16.0 Å². The number of aryl methyl sites for hydroxylation is 2. The number of amides is 2. The maximum absolute atomic E-state index is 13.0. The minimum absolute atomic E-state index is 0.0631. The molecule has 0 saturated carbocycles. The van der Waals surface area contributed by atoms with Crippen LogP contribution in [0, 0.1) is 13.8 Å². The summed E-state index contributed by atoms with van der Waals surface area (Å²) in [5.74, 6) is 0.284. The minimum atomic E-state index is 0.0631. The number of piperazine rings is 1. The number of carbonyl (C=O) groups is 2. The number of fused-ring (bicyclic) bond motifs is 1. The van der Waals surface area contributed by atoms with E-state index >= 15 is 0 Å². The molecule has 6 nitrogen and oxygen atoms in total. The summed E-state index contributed by atoms with van der Waals surface area (Å²) in [6.45, 7) is 9.61. The molecule has 2 amide bonds. The quantitative estimate of drug-likeness (QED) is 0.636. The molecule has 2 aliphatic rings. The summed E-state index contributed by atoms with van der Waals surface area (Å²) in [6.07, 6.45) is 2.09. The van der Waals surface area contributed by atoms with Gasteiger partial charge in [-0.1, -0.05) is 30.3 Å². The maximum atomic E-state index is 13.0. The van der Waals surface area contributed by atoms with Crippen molar-refractivity contribution in [1.82, 2.24) is 0 Å². The van der Waals surface area contributed by atoms with E-state index in [1.54, 1.807) is 0 Å². The average Bonchev–Trinajstić information content (AvgIpc) is 2.78. The molecular formula is C25H34N4O2+2. The molecule has 0 unspecified atom stereocenters. The third-order valence-electron chi connectivity index (χ3n) is 6.77. The van der Waals surface area contributed by atoms with Gasteiger partial charge in [-0.15, -0.1) is 0 Å². The first-order valence-electron chi connectivity index (χ1n) is 11.4. The molecule has 6 heteroatoms. The fourth-order valence-electron chi connectivity index (χ4n) is 4.72. The largest absolute Gasteiger partial charge is 0.321 e. The molecule has 0 atom stereocenters. The number of hydrogen-bond donors (Lipinski definition) is 3. The van der Waals surface area contributed by atoms with Crippen LogP contribution in [0.1, 0.15) is 23.1 Å². The zero-order valence-electron chi connectivity index (χ0n) is 18.7. The molecule has 0 bridgehead atoms. The number of benzene rings is 2. The Morgan fingerprint density at radius 3 is 2.42 bits per heavy atom. The van der Waals surface area contributed by atoms with Crippen molar-refractivity contribution in [3.8, 4) is 0 Å². The Hall–Kier alpha value is -2.70. The Bertz CT molecular complexity index is 950. The van der Waals surface area contributed by atoms with Gasteiger partial charge in [-0.2, -0.15) is 0 Å². The van der Waals surface area contributed by atoms with E-state index in [9.17, 15) is 9.59 Å². The van der Waals surface area contributed by atoms with Crippen LogP contribution in [0.25, 0.3) is 0 Å². The molecule has 2 aromatic carbocycles. The van der Waals surface area contributed by atoms with Crippen LogP contribution in [0.5, 0.6) is 0 Å². The van der Waals surface area contributed by atoms with Crippen molar-refractivity contribution >= 4 is 23.2 Å². The van der Waals surface area contributed by atoms with Gasteiger partial charge >= 0.3 is 0 Å². The maximum Gasteiger partial charge on any atom is 0.282 e. The summed E-state index contributed by atoms with van der Waals surface area (Å²) < 4.78 is 0. The van der Waals surface area contributed by atoms with E-state index in [-0.39, 0.29) is 11.8 Å². The van der Waals surface area contributed by atoms with E-state index in [2.05, 4.69) is 36.5 Å². The van der Waals surface area contributed by atoms with Gasteiger partial charge in [0.1, 0.15) is 26.2 Å². The van der Waals surface area contributed by atoms with Crippen LogP contribution in [0.4, 0.5) is 11.4 Å². The van der Waals surface area contributed by atoms with Gasteiger partial charge in [-0.3, -0.25) is 9.59 Å². The van der Waals surface area contributed by atoms with Gasteiger partial charge in [0.05, 0.1) is 0 Å². The second kappa shape index (κ2) is 9.62. The molecule has 3 N–H and O–H groups in total. The van der Waals surface area contributed by atoms with Crippen molar-refractivity contribution in [2.75, 3.05) is 56.0 Å². The third-order valence-corrected chi connectivity index (χ3v) is 6.77. The predicted octanol–water partition coefficient (Wildman–Crippen LogP) is 0.00474.